The zero-order valence-corrected chi connectivity index (χ0v) is 13.3. The Morgan fingerprint density at radius 3 is 2.71 bits per heavy atom. The summed E-state index contributed by atoms with van der Waals surface area (Å²) in [4.78, 5) is 11.8. The van der Waals surface area contributed by atoms with Gasteiger partial charge in [0, 0.05) is 31.0 Å². The van der Waals surface area contributed by atoms with Crippen molar-refractivity contribution >= 4 is 17.3 Å². The third-order valence-corrected chi connectivity index (χ3v) is 3.37. The van der Waals surface area contributed by atoms with Crippen molar-refractivity contribution < 1.29 is 9.53 Å². The zero-order chi connectivity index (χ0) is 15.5. The molecular formula is C17H28N2O2. The molecule has 0 fully saturated rings. The number of rotatable bonds is 10. The second-order valence-corrected chi connectivity index (χ2v) is 5.40. The molecule has 0 saturated heterocycles. The van der Waals surface area contributed by atoms with Crippen LogP contribution in [0.4, 0.5) is 11.4 Å². The number of ether oxygens (including phenoxy) is 1. The van der Waals surface area contributed by atoms with Crippen molar-refractivity contribution in [2.45, 2.75) is 52.4 Å². The molecule has 1 amide bonds. The van der Waals surface area contributed by atoms with E-state index in [0.717, 1.165) is 30.7 Å². The van der Waals surface area contributed by atoms with Crippen molar-refractivity contribution in [3.63, 3.8) is 0 Å². The summed E-state index contributed by atoms with van der Waals surface area (Å²) in [6, 6.07) is 5.53. The SMILES string of the molecule is CCCCCCOCCCC(=O)Nc1cc(N)ccc1C. The highest BCUT2D eigenvalue weighted by molar-refractivity contribution is 5.91. The zero-order valence-electron chi connectivity index (χ0n) is 13.3. The molecule has 4 heteroatoms. The van der Waals surface area contributed by atoms with E-state index in [9.17, 15) is 4.79 Å². The van der Waals surface area contributed by atoms with Crippen molar-refractivity contribution in [2.24, 2.45) is 0 Å². The maximum absolute atomic E-state index is 11.8. The predicted octanol–water partition coefficient (Wildman–Crippen LogP) is 3.89. The lowest BCUT2D eigenvalue weighted by Crippen LogP contribution is -2.13. The van der Waals surface area contributed by atoms with Crippen LogP contribution in [0.2, 0.25) is 0 Å². The van der Waals surface area contributed by atoms with E-state index in [1.54, 1.807) is 6.07 Å². The molecule has 4 nitrogen and oxygen atoms in total. The number of hydrogen-bond donors (Lipinski definition) is 2. The van der Waals surface area contributed by atoms with Crippen LogP contribution in [0.5, 0.6) is 0 Å². The van der Waals surface area contributed by atoms with E-state index in [2.05, 4.69) is 12.2 Å². The number of nitrogen functional groups attached to an aromatic ring is 1. The summed E-state index contributed by atoms with van der Waals surface area (Å²) in [5.74, 6) is 0.0123. The van der Waals surface area contributed by atoms with Crippen LogP contribution in [0.3, 0.4) is 0 Å². The molecule has 0 heterocycles. The monoisotopic (exact) mass is 292 g/mol. The molecule has 0 aliphatic carbocycles. The second kappa shape index (κ2) is 10.2. The van der Waals surface area contributed by atoms with E-state index in [0.29, 0.717) is 18.7 Å². The predicted molar refractivity (Wildman–Crippen MR) is 88.4 cm³/mol. The largest absolute Gasteiger partial charge is 0.399 e. The number of anilines is 2. The summed E-state index contributed by atoms with van der Waals surface area (Å²) in [5.41, 5.74) is 8.19. The van der Waals surface area contributed by atoms with Crippen molar-refractivity contribution in [1.29, 1.82) is 0 Å². The van der Waals surface area contributed by atoms with Crippen LogP contribution in [-0.4, -0.2) is 19.1 Å². The van der Waals surface area contributed by atoms with E-state index in [-0.39, 0.29) is 5.91 Å². The van der Waals surface area contributed by atoms with Gasteiger partial charge in [0.2, 0.25) is 5.91 Å². The van der Waals surface area contributed by atoms with Crippen LogP contribution in [0.1, 0.15) is 51.0 Å². The number of unbranched alkanes of at least 4 members (excludes halogenated alkanes) is 3. The van der Waals surface area contributed by atoms with Gasteiger partial charge in [0.05, 0.1) is 0 Å². The van der Waals surface area contributed by atoms with Gasteiger partial charge in [-0.3, -0.25) is 4.79 Å². The van der Waals surface area contributed by atoms with Crippen LogP contribution in [0.15, 0.2) is 18.2 Å². The normalized spacial score (nSPS) is 10.6. The summed E-state index contributed by atoms with van der Waals surface area (Å²) in [6.45, 7) is 5.60. The molecular weight excluding hydrogens is 264 g/mol. The number of nitrogens with two attached hydrogens (primary N) is 1. The fourth-order valence-corrected chi connectivity index (χ4v) is 2.05. The fraction of sp³-hybridized carbons (Fsp3) is 0.588. The molecule has 0 atom stereocenters. The van der Waals surface area contributed by atoms with Crippen molar-refractivity contribution in [3.05, 3.63) is 23.8 Å². The third-order valence-electron chi connectivity index (χ3n) is 3.37. The summed E-state index contributed by atoms with van der Waals surface area (Å²) in [5, 5.41) is 2.90. The lowest BCUT2D eigenvalue weighted by Gasteiger charge is -2.09. The van der Waals surface area contributed by atoms with Gasteiger partial charge in [-0.2, -0.15) is 0 Å². The van der Waals surface area contributed by atoms with Crippen molar-refractivity contribution in [2.75, 3.05) is 24.3 Å². The standard InChI is InChI=1S/C17H28N2O2/c1-3-4-5-6-11-21-12-7-8-17(20)19-16-13-15(18)10-9-14(16)2/h9-10,13H,3-8,11-12,18H2,1-2H3,(H,19,20). The minimum atomic E-state index is 0.0123. The quantitative estimate of drug-likeness (QED) is 0.508. The Morgan fingerprint density at radius 2 is 1.95 bits per heavy atom. The minimum absolute atomic E-state index is 0.0123. The first-order valence-corrected chi connectivity index (χ1v) is 7.87. The lowest BCUT2D eigenvalue weighted by atomic mass is 10.1. The molecule has 1 rings (SSSR count). The van der Waals surface area contributed by atoms with Gasteiger partial charge in [0.1, 0.15) is 0 Å². The van der Waals surface area contributed by atoms with Gasteiger partial charge in [-0.05, 0) is 37.5 Å². The molecule has 0 unspecified atom stereocenters. The average Bonchev–Trinajstić information content (AvgIpc) is 2.46. The van der Waals surface area contributed by atoms with Crippen LogP contribution >= 0.6 is 0 Å². The molecule has 0 bridgehead atoms. The van der Waals surface area contributed by atoms with Crippen molar-refractivity contribution in [3.8, 4) is 0 Å². The second-order valence-electron chi connectivity index (χ2n) is 5.40. The van der Waals surface area contributed by atoms with E-state index in [1.165, 1.54) is 19.3 Å². The molecule has 3 N–H and O–H groups in total. The van der Waals surface area contributed by atoms with Gasteiger partial charge in [-0.15, -0.1) is 0 Å². The number of hydrogen-bond acceptors (Lipinski definition) is 3. The number of nitrogens with one attached hydrogen (secondary N) is 1. The first-order valence-electron chi connectivity index (χ1n) is 7.87. The molecule has 0 aliphatic rings. The Balaban J connectivity index is 2.13. The fourth-order valence-electron chi connectivity index (χ4n) is 2.05. The average molecular weight is 292 g/mol. The maximum atomic E-state index is 11.8. The van der Waals surface area contributed by atoms with Crippen LogP contribution in [0.25, 0.3) is 0 Å². The first kappa shape index (κ1) is 17.5. The molecule has 21 heavy (non-hydrogen) atoms. The molecule has 118 valence electrons. The van der Waals surface area contributed by atoms with Crippen LogP contribution in [-0.2, 0) is 9.53 Å². The van der Waals surface area contributed by atoms with E-state index in [4.69, 9.17) is 10.5 Å². The summed E-state index contributed by atoms with van der Waals surface area (Å²) >= 11 is 0. The molecule has 1 aromatic rings. The highest BCUT2D eigenvalue weighted by Crippen LogP contribution is 2.18. The Kier molecular flexibility index (Phi) is 8.51. The van der Waals surface area contributed by atoms with Gasteiger partial charge >= 0.3 is 0 Å². The van der Waals surface area contributed by atoms with Crippen LogP contribution < -0.4 is 11.1 Å². The van der Waals surface area contributed by atoms with E-state index in [1.807, 2.05) is 19.1 Å². The Labute approximate surface area is 128 Å². The molecule has 0 spiro atoms. The number of carbonyl (C=O) groups excluding carboxylic acids is 1. The molecule has 0 saturated carbocycles. The number of carbonyl (C=O) groups is 1. The number of aryl methyl sites for hydroxylation is 1. The third kappa shape index (κ3) is 7.71. The number of benzene rings is 1. The van der Waals surface area contributed by atoms with Gasteiger partial charge in [0.25, 0.3) is 0 Å². The highest BCUT2D eigenvalue weighted by Gasteiger charge is 2.05. The van der Waals surface area contributed by atoms with Crippen molar-refractivity contribution in [1.82, 2.24) is 0 Å². The first-order chi connectivity index (χ1) is 10.1. The topological polar surface area (TPSA) is 64.3 Å². The smallest absolute Gasteiger partial charge is 0.224 e. The lowest BCUT2D eigenvalue weighted by molar-refractivity contribution is -0.116. The highest BCUT2D eigenvalue weighted by atomic mass is 16.5. The molecule has 0 aliphatic heterocycles. The van der Waals surface area contributed by atoms with Gasteiger partial charge in [-0.25, -0.2) is 0 Å². The Bertz CT molecular complexity index is 433. The van der Waals surface area contributed by atoms with Gasteiger partial charge < -0.3 is 15.8 Å². The summed E-state index contributed by atoms with van der Waals surface area (Å²) in [7, 11) is 0. The summed E-state index contributed by atoms with van der Waals surface area (Å²) < 4.78 is 5.52. The molecule has 0 aromatic heterocycles. The van der Waals surface area contributed by atoms with Gasteiger partial charge in [-0.1, -0.05) is 32.3 Å². The van der Waals surface area contributed by atoms with Gasteiger partial charge in [0.15, 0.2) is 0 Å². The van der Waals surface area contributed by atoms with E-state index >= 15 is 0 Å². The summed E-state index contributed by atoms with van der Waals surface area (Å²) in [6.07, 6.45) is 6.08. The minimum Gasteiger partial charge on any atom is -0.399 e. The maximum Gasteiger partial charge on any atom is 0.224 e. The molecule has 0 radical (unpaired) electrons. The Hall–Kier alpha value is -1.55. The van der Waals surface area contributed by atoms with E-state index < -0.39 is 0 Å². The Morgan fingerprint density at radius 1 is 1.19 bits per heavy atom. The molecule has 1 aromatic carbocycles. The number of amides is 1. The van der Waals surface area contributed by atoms with Crippen LogP contribution in [0, 0.1) is 6.92 Å².